The third kappa shape index (κ3) is 9.72. The predicted octanol–water partition coefficient (Wildman–Crippen LogP) is 5.51. The van der Waals surface area contributed by atoms with Crippen LogP contribution in [-0.4, -0.2) is 70.8 Å². The Labute approximate surface area is 294 Å². The van der Waals surface area contributed by atoms with E-state index in [1.54, 1.807) is 44.7 Å². The molecule has 1 aliphatic rings. The van der Waals surface area contributed by atoms with Gasteiger partial charge in [0, 0.05) is 51.4 Å². The minimum atomic E-state index is -0.914. The van der Waals surface area contributed by atoms with E-state index >= 15 is 0 Å². The molecule has 1 saturated carbocycles. The highest BCUT2D eigenvalue weighted by atomic mass is 19.1. The van der Waals surface area contributed by atoms with Crippen molar-refractivity contribution in [1.82, 2.24) is 20.1 Å². The van der Waals surface area contributed by atoms with Crippen LogP contribution in [0.25, 0.3) is 11.1 Å². The van der Waals surface area contributed by atoms with Crippen molar-refractivity contribution in [3.05, 3.63) is 138 Å². The Balaban J connectivity index is 1.38. The lowest BCUT2D eigenvalue weighted by molar-refractivity contribution is -0.146. The van der Waals surface area contributed by atoms with Crippen molar-refractivity contribution in [2.75, 3.05) is 20.6 Å². The van der Waals surface area contributed by atoms with Crippen molar-refractivity contribution >= 4 is 17.7 Å². The molecule has 0 bridgehead atoms. The Morgan fingerprint density at radius 1 is 0.820 bits per heavy atom. The minimum Gasteiger partial charge on any atom is -0.354 e. The molecule has 3 N–H and O–H groups in total. The standard InChI is InChI=1S/C41H46FN5O3/c1-46(38(48)10-6-22-41(43)23-7-24-41)37(29-31-11-15-34(16-12-31)33-8-4-3-5-9-33)40(50)47(2)36(28-32-13-17-35(42)18-14-32)39(49)45-27-21-30-19-25-44-26-20-30/h3-6,8-20,25-26,36-37H,7,21-24,27-29,43H2,1-2H3,(H,45,49)/t36-,37-/m1/s1. The molecule has 0 unspecified atom stereocenters. The normalized spacial score (nSPS) is 14.7. The fraction of sp³-hybridized carbons (Fsp3) is 0.317. The summed E-state index contributed by atoms with van der Waals surface area (Å²) in [5, 5.41) is 2.98. The second-order valence-corrected chi connectivity index (χ2v) is 13.2. The van der Waals surface area contributed by atoms with Crippen molar-refractivity contribution in [2.24, 2.45) is 5.73 Å². The van der Waals surface area contributed by atoms with E-state index in [1.807, 2.05) is 66.7 Å². The maximum Gasteiger partial charge on any atom is 0.246 e. The van der Waals surface area contributed by atoms with Gasteiger partial charge in [-0.3, -0.25) is 19.4 Å². The number of likely N-dealkylation sites (N-methyl/N-ethyl adjacent to an activating group) is 2. The number of hydrogen-bond donors (Lipinski definition) is 2. The first-order valence-corrected chi connectivity index (χ1v) is 17.2. The SMILES string of the molecule is CN(C(=O)C=CCC1(N)CCC1)[C@H](Cc1ccc(-c2ccccc2)cc1)C(=O)N(C)[C@H](Cc1ccc(F)cc1)C(=O)NCCc1ccncc1. The van der Waals surface area contributed by atoms with Crippen LogP contribution in [0.3, 0.4) is 0 Å². The molecule has 5 rings (SSSR count). The summed E-state index contributed by atoms with van der Waals surface area (Å²) in [6.07, 6.45) is 11.2. The van der Waals surface area contributed by atoms with E-state index < -0.39 is 12.1 Å². The van der Waals surface area contributed by atoms with Gasteiger partial charge in [0.05, 0.1) is 0 Å². The number of rotatable bonds is 15. The summed E-state index contributed by atoms with van der Waals surface area (Å²) in [7, 11) is 3.21. The Bertz CT molecular complexity index is 1740. The number of halogens is 1. The number of benzene rings is 3. The van der Waals surface area contributed by atoms with E-state index in [2.05, 4.69) is 10.3 Å². The fourth-order valence-electron chi connectivity index (χ4n) is 6.21. The highest BCUT2D eigenvalue weighted by molar-refractivity contribution is 5.95. The van der Waals surface area contributed by atoms with Gasteiger partial charge in [0.15, 0.2) is 0 Å². The zero-order valence-corrected chi connectivity index (χ0v) is 28.8. The lowest BCUT2D eigenvalue weighted by Gasteiger charge is -2.37. The van der Waals surface area contributed by atoms with Crippen molar-refractivity contribution < 1.29 is 18.8 Å². The number of carbonyl (C=O) groups excluding carboxylic acids is 3. The van der Waals surface area contributed by atoms with Gasteiger partial charge in [0.25, 0.3) is 0 Å². The number of amides is 3. The van der Waals surface area contributed by atoms with Crippen molar-refractivity contribution in [3.8, 4) is 11.1 Å². The summed E-state index contributed by atoms with van der Waals surface area (Å²) < 4.78 is 13.8. The number of aromatic nitrogens is 1. The predicted molar refractivity (Wildman–Crippen MR) is 194 cm³/mol. The number of nitrogens with two attached hydrogens (primary N) is 1. The second kappa shape index (κ2) is 17.0. The zero-order valence-electron chi connectivity index (χ0n) is 28.8. The average Bonchev–Trinajstić information content (AvgIpc) is 3.13. The van der Waals surface area contributed by atoms with Crippen LogP contribution < -0.4 is 11.1 Å². The molecule has 8 nitrogen and oxygen atoms in total. The van der Waals surface area contributed by atoms with Crippen molar-refractivity contribution in [3.63, 3.8) is 0 Å². The summed E-state index contributed by atoms with van der Waals surface area (Å²) in [5.41, 5.74) is 10.8. The highest BCUT2D eigenvalue weighted by Crippen LogP contribution is 2.32. The summed E-state index contributed by atoms with van der Waals surface area (Å²) in [5.74, 6) is -1.43. The van der Waals surface area contributed by atoms with E-state index in [1.165, 1.54) is 28.0 Å². The average molecular weight is 676 g/mol. The molecule has 1 aromatic heterocycles. The quantitative estimate of drug-likeness (QED) is 0.162. The van der Waals surface area contributed by atoms with Crippen LogP contribution in [-0.2, 0) is 33.6 Å². The Morgan fingerprint density at radius 2 is 1.42 bits per heavy atom. The van der Waals surface area contributed by atoms with E-state index in [4.69, 9.17) is 5.73 Å². The molecule has 3 amide bonds. The molecule has 1 aliphatic carbocycles. The number of hydrogen-bond acceptors (Lipinski definition) is 5. The summed E-state index contributed by atoms with van der Waals surface area (Å²) in [6, 6.07) is 25.8. The van der Waals surface area contributed by atoms with Crippen LogP contribution in [0.5, 0.6) is 0 Å². The molecular weight excluding hydrogens is 629 g/mol. The lowest BCUT2D eigenvalue weighted by Crippen LogP contribution is -2.56. The monoisotopic (exact) mass is 675 g/mol. The van der Waals surface area contributed by atoms with Gasteiger partial charge in [0.2, 0.25) is 17.7 Å². The van der Waals surface area contributed by atoms with Crippen LogP contribution in [0.1, 0.15) is 42.4 Å². The third-order valence-corrected chi connectivity index (χ3v) is 9.65. The molecule has 260 valence electrons. The van der Waals surface area contributed by atoms with E-state index in [9.17, 15) is 18.8 Å². The number of carbonyl (C=O) groups is 3. The highest BCUT2D eigenvalue weighted by Gasteiger charge is 2.35. The first kappa shape index (κ1) is 36.1. The molecule has 2 atom stereocenters. The summed E-state index contributed by atoms with van der Waals surface area (Å²) >= 11 is 0. The second-order valence-electron chi connectivity index (χ2n) is 13.2. The van der Waals surface area contributed by atoms with E-state index in [0.29, 0.717) is 24.9 Å². The van der Waals surface area contributed by atoms with Crippen LogP contribution in [0, 0.1) is 5.82 Å². The summed E-state index contributed by atoms with van der Waals surface area (Å²) in [4.78, 5) is 48.7. The van der Waals surface area contributed by atoms with Crippen molar-refractivity contribution in [2.45, 2.75) is 62.6 Å². The third-order valence-electron chi connectivity index (χ3n) is 9.65. The molecule has 0 spiro atoms. The smallest absolute Gasteiger partial charge is 0.246 e. The minimum absolute atomic E-state index is 0.165. The van der Waals surface area contributed by atoms with Crippen LogP contribution in [0.2, 0.25) is 0 Å². The van der Waals surface area contributed by atoms with E-state index in [0.717, 1.165) is 41.5 Å². The number of nitrogens with one attached hydrogen (secondary N) is 1. The van der Waals surface area contributed by atoms with Crippen LogP contribution >= 0.6 is 0 Å². The largest absolute Gasteiger partial charge is 0.354 e. The van der Waals surface area contributed by atoms with Gasteiger partial charge in [-0.1, -0.05) is 72.8 Å². The number of pyridine rings is 1. The molecule has 4 aromatic rings. The molecule has 0 radical (unpaired) electrons. The van der Waals surface area contributed by atoms with E-state index in [-0.39, 0.29) is 41.9 Å². The first-order valence-electron chi connectivity index (χ1n) is 17.2. The maximum atomic E-state index is 14.5. The van der Waals surface area contributed by atoms with Gasteiger partial charge >= 0.3 is 0 Å². The topological polar surface area (TPSA) is 109 Å². The van der Waals surface area contributed by atoms with Gasteiger partial charge in [-0.05, 0) is 90.3 Å². The molecule has 3 aromatic carbocycles. The Hall–Kier alpha value is -5.15. The first-order chi connectivity index (χ1) is 24.1. The fourth-order valence-corrected chi connectivity index (χ4v) is 6.21. The number of nitrogens with zero attached hydrogens (tertiary/aromatic N) is 3. The molecule has 0 saturated heterocycles. The molecule has 0 aliphatic heterocycles. The zero-order chi connectivity index (χ0) is 35.5. The molecule has 50 heavy (non-hydrogen) atoms. The Kier molecular flexibility index (Phi) is 12.3. The molecule has 9 heteroatoms. The van der Waals surface area contributed by atoms with Gasteiger partial charge in [-0.2, -0.15) is 0 Å². The van der Waals surface area contributed by atoms with Gasteiger partial charge in [0.1, 0.15) is 17.9 Å². The molecule has 1 heterocycles. The van der Waals surface area contributed by atoms with Crippen LogP contribution in [0.15, 0.2) is 116 Å². The molecular formula is C41H46FN5O3. The van der Waals surface area contributed by atoms with Crippen molar-refractivity contribution in [1.29, 1.82) is 0 Å². The molecule has 1 fully saturated rings. The lowest BCUT2D eigenvalue weighted by atomic mass is 9.75. The van der Waals surface area contributed by atoms with Gasteiger partial charge < -0.3 is 20.9 Å². The summed E-state index contributed by atoms with van der Waals surface area (Å²) in [6.45, 7) is 0.355. The Morgan fingerprint density at radius 3 is 2.04 bits per heavy atom. The van der Waals surface area contributed by atoms with Crippen LogP contribution in [0.4, 0.5) is 4.39 Å². The van der Waals surface area contributed by atoms with Gasteiger partial charge in [-0.25, -0.2) is 4.39 Å². The maximum absolute atomic E-state index is 14.5. The van der Waals surface area contributed by atoms with Gasteiger partial charge in [-0.15, -0.1) is 0 Å².